The molecule has 0 fully saturated rings. The van der Waals surface area contributed by atoms with E-state index in [0.29, 0.717) is 33.8 Å². The topological polar surface area (TPSA) is 59.6 Å². The summed E-state index contributed by atoms with van der Waals surface area (Å²) in [4.78, 5) is 12.2. The van der Waals surface area contributed by atoms with Crippen molar-refractivity contribution in [2.45, 2.75) is 19.3 Å². The lowest BCUT2D eigenvalue weighted by atomic mass is 9.84. The Morgan fingerprint density at radius 2 is 1.62 bits per heavy atom. The van der Waals surface area contributed by atoms with E-state index in [1.165, 1.54) is 0 Å². The molecule has 0 aliphatic carbocycles. The summed E-state index contributed by atoms with van der Waals surface area (Å²) in [7, 11) is 3.19. The third-order valence-corrected chi connectivity index (χ3v) is 4.41. The number of methoxy groups -OCH3 is 2. The van der Waals surface area contributed by atoms with E-state index in [9.17, 15) is 4.79 Å². The molecule has 0 spiro atoms. The fourth-order valence-corrected chi connectivity index (χ4v) is 2.99. The van der Waals surface area contributed by atoms with Crippen LogP contribution in [-0.2, 0) is 5.41 Å². The number of rotatable bonds is 6. The van der Waals surface area contributed by atoms with Crippen LogP contribution in [0.1, 0.15) is 19.4 Å². The average Bonchev–Trinajstić information content (AvgIpc) is 2.58. The molecule has 2 aromatic carbocycles. The molecule has 0 atom stereocenters. The molecule has 0 aliphatic heterocycles. The summed E-state index contributed by atoms with van der Waals surface area (Å²) in [5, 5.41) is 6.51. The molecule has 0 saturated heterocycles. The molecule has 26 heavy (non-hydrogen) atoms. The number of hydrogen-bond donors (Lipinski definition) is 2. The highest BCUT2D eigenvalue weighted by molar-refractivity contribution is 6.35. The van der Waals surface area contributed by atoms with Crippen molar-refractivity contribution in [1.29, 1.82) is 0 Å². The van der Waals surface area contributed by atoms with Gasteiger partial charge in [0, 0.05) is 27.7 Å². The third kappa shape index (κ3) is 5.19. The summed E-state index contributed by atoms with van der Waals surface area (Å²) in [6.07, 6.45) is 0. The molecule has 5 nitrogen and oxygen atoms in total. The van der Waals surface area contributed by atoms with Crippen molar-refractivity contribution in [1.82, 2.24) is 5.32 Å². The maximum atomic E-state index is 12.2. The van der Waals surface area contributed by atoms with Gasteiger partial charge in [-0.1, -0.05) is 43.1 Å². The van der Waals surface area contributed by atoms with Gasteiger partial charge in [-0.3, -0.25) is 0 Å². The largest absolute Gasteiger partial charge is 0.493 e. The monoisotopic (exact) mass is 396 g/mol. The molecule has 0 aliphatic rings. The number of urea groups is 1. The molecule has 0 saturated carbocycles. The molecular weight excluding hydrogens is 375 g/mol. The van der Waals surface area contributed by atoms with Crippen LogP contribution in [0.25, 0.3) is 0 Å². The minimum absolute atomic E-state index is 0.317. The molecule has 2 N–H and O–H groups in total. The first-order chi connectivity index (χ1) is 12.2. The van der Waals surface area contributed by atoms with Gasteiger partial charge in [0.15, 0.2) is 11.5 Å². The third-order valence-electron chi connectivity index (χ3n) is 3.98. The van der Waals surface area contributed by atoms with Crippen LogP contribution >= 0.6 is 23.2 Å². The lowest BCUT2D eigenvalue weighted by molar-refractivity contribution is 0.249. The van der Waals surface area contributed by atoms with Crippen molar-refractivity contribution in [3.8, 4) is 11.5 Å². The van der Waals surface area contributed by atoms with E-state index in [-0.39, 0.29) is 11.4 Å². The maximum Gasteiger partial charge on any atom is 0.319 e. The smallest absolute Gasteiger partial charge is 0.319 e. The molecule has 2 aromatic rings. The summed E-state index contributed by atoms with van der Waals surface area (Å²) >= 11 is 11.9. The van der Waals surface area contributed by atoms with Crippen molar-refractivity contribution in [3.63, 3.8) is 0 Å². The fourth-order valence-electron chi connectivity index (χ4n) is 2.46. The number of ether oxygens (including phenoxy) is 2. The molecule has 0 radical (unpaired) electrons. The first-order valence-corrected chi connectivity index (χ1v) is 8.74. The van der Waals surface area contributed by atoms with Gasteiger partial charge in [0.25, 0.3) is 0 Å². The fraction of sp³-hybridized carbons (Fsp3) is 0.316. The Kier molecular flexibility index (Phi) is 6.62. The number of carbonyl (C=O) groups is 1. The standard InChI is InChI=1S/C19H22Cl2N2O3/c1-19(2,12-5-6-16(25-3)17(7-12)26-4)11-22-18(24)23-15-9-13(20)8-14(21)10-15/h5-10H,11H2,1-4H3,(H2,22,23,24). The molecular formula is C19H22Cl2N2O3. The van der Waals surface area contributed by atoms with Crippen molar-refractivity contribution < 1.29 is 14.3 Å². The first-order valence-electron chi connectivity index (χ1n) is 7.98. The molecule has 0 bridgehead atoms. The zero-order valence-electron chi connectivity index (χ0n) is 15.2. The van der Waals surface area contributed by atoms with E-state index in [4.69, 9.17) is 32.7 Å². The number of benzene rings is 2. The molecule has 0 aromatic heterocycles. The number of nitrogens with one attached hydrogen (secondary N) is 2. The summed E-state index contributed by atoms with van der Waals surface area (Å²) in [6, 6.07) is 10.2. The Morgan fingerprint density at radius 1 is 1.00 bits per heavy atom. The second kappa shape index (κ2) is 8.52. The SMILES string of the molecule is COc1ccc(C(C)(C)CNC(=O)Nc2cc(Cl)cc(Cl)c2)cc1OC. The van der Waals surface area contributed by atoms with E-state index < -0.39 is 0 Å². The van der Waals surface area contributed by atoms with Gasteiger partial charge in [-0.25, -0.2) is 4.79 Å². The van der Waals surface area contributed by atoms with Crippen LogP contribution < -0.4 is 20.1 Å². The van der Waals surface area contributed by atoms with Crippen molar-refractivity contribution in [3.05, 3.63) is 52.0 Å². The summed E-state index contributed by atoms with van der Waals surface area (Å²) in [5.41, 5.74) is 1.23. The van der Waals surface area contributed by atoms with Crippen molar-refractivity contribution >= 4 is 34.9 Å². The number of amides is 2. The Balaban J connectivity index is 2.03. The second-order valence-corrected chi connectivity index (χ2v) is 7.29. The van der Waals surface area contributed by atoms with Gasteiger partial charge < -0.3 is 20.1 Å². The predicted octanol–water partition coefficient (Wildman–Crippen LogP) is 5.11. The first kappa shape index (κ1) is 20.2. The number of anilines is 1. The molecule has 0 heterocycles. The molecule has 7 heteroatoms. The van der Waals surface area contributed by atoms with Gasteiger partial charge in [0.2, 0.25) is 0 Å². The second-order valence-electron chi connectivity index (χ2n) is 6.42. The van der Waals surface area contributed by atoms with Gasteiger partial charge in [0.05, 0.1) is 14.2 Å². The lowest BCUT2D eigenvalue weighted by Crippen LogP contribution is -2.39. The Labute approximate surface area is 163 Å². The van der Waals surface area contributed by atoms with Crippen LogP contribution in [0.2, 0.25) is 10.0 Å². The van der Waals surface area contributed by atoms with E-state index in [1.807, 2.05) is 32.0 Å². The highest BCUT2D eigenvalue weighted by Gasteiger charge is 2.23. The van der Waals surface area contributed by atoms with Crippen LogP contribution in [0.3, 0.4) is 0 Å². The van der Waals surface area contributed by atoms with Crippen LogP contribution in [-0.4, -0.2) is 26.8 Å². The minimum Gasteiger partial charge on any atom is -0.493 e. The minimum atomic E-state index is -0.336. The van der Waals surface area contributed by atoms with Crippen molar-refractivity contribution in [2.75, 3.05) is 26.1 Å². The van der Waals surface area contributed by atoms with Crippen molar-refractivity contribution in [2.24, 2.45) is 0 Å². The summed E-state index contributed by atoms with van der Waals surface area (Å²) in [6.45, 7) is 4.48. The highest BCUT2D eigenvalue weighted by atomic mass is 35.5. The van der Waals surface area contributed by atoms with E-state index >= 15 is 0 Å². The van der Waals surface area contributed by atoms with Gasteiger partial charge in [-0.2, -0.15) is 0 Å². The van der Waals surface area contributed by atoms with Crippen LogP contribution in [0, 0.1) is 0 Å². The molecule has 140 valence electrons. The zero-order chi connectivity index (χ0) is 19.3. The van der Waals surface area contributed by atoms with Crippen LogP contribution in [0.15, 0.2) is 36.4 Å². The van der Waals surface area contributed by atoms with Gasteiger partial charge in [-0.05, 0) is 35.9 Å². The number of hydrogen-bond acceptors (Lipinski definition) is 3. The summed E-state index contributed by atoms with van der Waals surface area (Å²) in [5.74, 6) is 1.31. The molecule has 2 rings (SSSR count). The quantitative estimate of drug-likeness (QED) is 0.712. The Bertz CT molecular complexity index is 774. The van der Waals surface area contributed by atoms with E-state index in [0.717, 1.165) is 5.56 Å². The van der Waals surface area contributed by atoms with E-state index in [1.54, 1.807) is 32.4 Å². The molecule has 0 unspecified atom stereocenters. The maximum absolute atomic E-state index is 12.2. The predicted molar refractivity (Wildman–Crippen MR) is 106 cm³/mol. The Hall–Kier alpha value is -2.11. The van der Waals surface area contributed by atoms with Gasteiger partial charge >= 0.3 is 6.03 Å². The van der Waals surface area contributed by atoms with E-state index in [2.05, 4.69) is 10.6 Å². The molecule has 2 amide bonds. The van der Waals surface area contributed by atoms with Gasteiger partial charge in [0.1, 0.15) is 0 Å². The number of carbonyl (C=O) groups excluding carboxylic acids is 1. The summed E-state index contributed by atoms with van der Waals surface area (Å²) < 4.78 is 10.6. The lowest BCUT2D eigenvalue weighted by Gasteiger charge is -2.26. The normalized spacial score (nSPS) is 11.0. The Morgan fingerprint density at radius 3 is 2.19 bits per heavy atom. The zero-order valence-corrected chi connectivity index (χ0v) is 16.7. The highest BCUT2D eigenvalue weighted by Crippen LogP contribution is 2.33. The van der Waals surface area contributed by atoms with Crippen LogP contribution in [0.4, 0.5) is 10.5 Å². The number of halogens is 2. The average molecular weight is 397 g/mol. The van der Waals surface area contributed by atoms with Crippen LogP contribution in [0.5, 0.6) is 11.5 Å². The van der Waals surface area contributed by atoms with Gasteiger partial charge in [-0.15, -0.1) is 0 Å².